The quantitative estimate of drug-likeness (QED) is 0.862. The molecule has 1 aromatic heterocycles. The van der Waals surface area contributed by atoms with E-state index in [9.17, 15) is 9.18 Å². The van der Waals surface area contributed by atoms with Gasteiger partial charge in [0.15, 0.2) is 0 Å². The number of piperidine rings is 1. The summed E-state index contributed by atoms with van der Waals surface area (Å²) >= 11 is 0. The Morgan fingerprint density at radius 3 is 2.79 bits per heavy atom. The SMILES string of the molecule is O=C1NC2CCCCC2N1CCN1CCC(c2coc3cc(F)ccc23)CC1. The van der Waals surface area contributed by atoms with Gasteiger partial charge in [-0.3, -0.25) is 0 Å². The van der Waals surface area contributed by atoms with Crippen LogP contribution in [-0.4, -0.2) is 54.1 Å². The van der Waals surface area contributed by atoms with Crippen molar-refractivity contribution >= 4 is 17.0 Å². The highest BCUT2D eigenvalue weighted by atomic mass is 19.1. The van der Waals surface area contributed by atoms with Crippen molar-refractivity contribution in [3.05, 3.63) is 35.8 Å². The molecule has 2 aliphatic heterocycles. The fourth-order valence-corrected chi connectivity index (χ4v) is 5.37. The summed E-state index contributed by atoms with van der Waals surface area (Å²) in [5, 5.41) is 4.21. The van der Waals surface area contributed by atoms with E-state index in [1.165, 1.54) is 30.5 Å². The van der Waals surface area contributed by atoms with E-state index in [-0.39, 0.29) is 11.8 Å². The Morgan fingerprint density at radius 2 is 1.93 bits per heavy atom. The average molecular weight is 385 g/mol. The van der Waals surface area contributed by atoms with Crippen molar-refractivity contribution in [3.63, 3.8) is 0 Å². The number of urea groups is 1. The first-order valence-electron chi connectivity index (χ1n) is 10.7. The first-order valence-corrected chi connectivity index (χ1v) is 10.7. The highest BCUT2D eigenvalue weighted by Crippen LogP contribution is 2.35. The molecule has 150 valence electrons. The number of likely N-dealkylation sites (tertiary alicyclic amines) is 1. The number of amides is 2. The molecule has 1 aliphatic carbocycles. The fourth-order valence-electron chi connectivity index (χ4n) is 5.37. The van der Waals surface area contributed by atoms with Crippen LogP contribution in [0.1, 0.15) is 50.0 Å². The maximum atomic E-state index is 13.4. The van der Waals surface area contributed by atoms with E-state index in [0.29, 0.717) is 23.6 Å². The van der Waals surface area contributed by atoms with Crippen molar-refractivity contribution in [2.24, 2.45) is 0 Å². The lowest BCUT2D eigenvalue weighted by Gasteiger charge is -2.34. The molecule has 5 rings (SSSR count). The van der Waals surface area contributed by atoms with Crippen LogP contribution in [-0.2, 0) is 0 Å². The van der Waals surface area contributed by atoms with Crippen LogP contribution in [0.2, 0.25) is 0 Å². The molecule has 1 aromatic carbocycles. The second-order valence-corrected chi connectivity index (χ2v) is 8.55. The van der Waals surface area contributed by atoms with Gasteiger partial charge < -0.3 is 19.5 Å². The van der Waals surface area contributed by atoms with Gasteiger partial charge in [-0.05, 0) is 56.8 Å². The lowest BCUT2D eigenvalue weighted by Crippen LogP contribution is -2.44. The third-order valence-corrected chi connectivity index (χ3v) is 6.95. The van der Waals surface area contributed by atoms with Crippen molar-refractivity contribution in [2.75, 3.05) is 26.2 Å². The zero-order valence-corrected chi connectivity index (χ0v) is 16.2. The molecule has 3 fully saturated rings. The van der Waals surface area contributed by atoms with E-state index < -0.39 is 0 Å². The van der Waals surface area contributed by atoms with Crippen molar-refractivity contribution < 1.29 is 13.6 Å². The van der Waals surface area contributed by atoms with Gasteiger partial charge in [0.25, 0.3) is 0 Å². The third kappa shape index (κ3) is 3.28. The van der Waals surface area contributed by atoms with Crippen LogP contribution in [0.25, 0.3) is 11.0 Å². The number of halogens is 1. The predicted molar refractivity (Wildman–Crippen MR) is 106 cm³/mol. The zero-order chi connectivity index (χ0) is 19.1. The van der Waals surface area contributed by atoms with Gasteiger partial charge in [-0.25, -0.2) is 9.18 Å². The van der Waals surface area contributed by atoms with Crippen LogP contribution in [0, 0.1) is 5.82 Å². The molecule has 0 bridgehead atoms. The summed E-state index contributed by atoms with van der Waals surface area (Å²) in [6.07, 6.45) is 8.69. The van der Waals surface area contributed by atoms with Crippen molar-refractivity contribution in [1.29, 1.82) is 0 Å². The van der Waals surface area contributed by atoms with Gasteiger partial charge in [0, 0.05) is 30.1 Å². The Balaban J connectivity index is 1.17. The number of carbonyl (C=O) groups is 1. The zero-order valence-electron chi connectivity index (χ0n) is 16.2. The first kappa shape index (κ1) is 18.0. The molecule has 28 heavy (non-hydrogen) atoms. The van der Waals surface area contributed by atoms with E-state index in [0.717, 1.165) is 57.2 Å². The summed E-state index contributed by atoms with van der Waals surface area (Å²) in [6.45, 7) is 3.83. The van der Waals surface area contributed by atoms with Gasteiger partial charge in [-0.2, -0.15) is 0 Å². The summed E-state index contributed by atoms with van der Waals surface area (Å²) in [4.78, 5) is 16.9. The summed E-state index contributed by atoms with van der Waals surface area (Å²) < 4.78 is 19.0. The Labute approximate surface area is 164 Å². The Morgan fingerprint density at radius 1 is 1.11 bits per heavy atom. The maximum absolute atomic E-state index is 13.4. The van der Waals surface area contributed by atoms with Crippen LogP contribution < -0.4 is 5.32 Å². The van der Waals surface area contributed by atoms with Gasteiger partial charge in [0.05, 0.1) is 18.3 Å². The van der Waals surface area contributed by atoms with E-state index in [2.05, 4.69) is 15.1 Å². The molecule has 1 saturated carbocycles. The highest BCUT2D eigenvalue weighted by Gasteiger charge is 2.40. The van der Waals surface area contributed by atoms with Gasteiger partial charge in [0.2, 0.25) is 0 Å². The molecule has 2 aromatic rings. The largest absolute Gasteiger partial charge is 0.464 e. The molecular formula is C22H28FN3O2. The van der Waals surface area contributed by atoms with Gasteiger partial charge in [0.1, 0.15) is 11.4 Å². The minimum atomic E-state index is -0.255. The molecule has 2 amide bonds. The average Bonchev–Trinajstić information content (AvgIpc) is 3.26. The normalized spacial score (nSPS) is 26.6. The molecule has 3 aliphatic rings. The highest BCUT2D eigenvalue weighted by molar-refractivity contribution is 5.81. The lowest BCUT2D eigenvalue weighted by atomic mass is 9.89. The van der Waals surface area contributed by atoms with Gasteiger partial charge >= 0.3 is 6.03 Å². The van der Waals surface area contributed by atoms with Crippen LogP contribution in [0.4, 0.5) is 9.18 Å². The number of hydrogen-bond acceptors (Lipinski definition) is 3. The second kappa shape index (κ2) is 7.39. The molecular weight excluding hydrogens is 357 g/mol. The maximum Gasteiger partial charge on any atom is 0.318 e. The number of furan rings is 1. The van der Waals surface area contributed by atoms with Crippen LogP contribution >= 0.6 is 0 Å². The molecule has 2 atom stereocenters. The van der Waals surface area contributed by atoms with Crippen LogP contribution in [0.5, 0.6) is 0 Å². The predicted octanol–water partition coefficient (Wildman–Crippen LogP) is 4.09. The Bertz CT molecular complexity index is 859. The third-order valence-electron chi connectivity index (χ3n) is 6.95. The summed E-state index contributed by atoms with van der Waals surface area (Å²) in [5.41, 5.74) is 1.85. The number of benzene rings is 1. The molecule has 2 unspecified atom stereocenters. The van der Waals surface area contributed by atoms with Crippen LogP contribution in [0.3, 0.4) is 0 Å². The number of fused-ring (bicyclic) bond motifs is 2. The van der Waals surface area contributed by atoms with Crippen molar-refractivity contribution in [3.8, 4) is 0 Å². The topological polar surface area (TPSA) is 48.7 Å². The van der Waals surface area contributed by atoms with Gasteiger partial charge in [-0.1, -0.05) is 12.8 Å². The standard InChI is InChI=1S/C22H28FN3O2/c23-16-5-6-17-18(14-28-21(17)13-16)15-7-9-25(10-8-15)11-12-26-20-4-2-1-3-19(20)24-22(26)27/h5-6,13-15,19-20H,1-4,7-12H2,(H,24,27). The summed E-state index contributed by atoms with van der Waals surface area (Å²) in [6, 6.07) is 5.71. The number of nitrogens with one attached hydrogen (secondary N) is 1. The first-order chi connectivity index (χ1) is 13.7. The number of rotatable bonds is 4. The molecule has 5 nitrogen and oxygen atoms in total. The molecule has 0 spiro atoms. The summed E-state index contributed by atoms with van der Waals surface area (Å²) in [5.74, 6) is 0.204. The minimum absolute atomic E-state index is 0.129. The smallest absolute Gasteiger partial charge is 0.318 e. The van der Waals surface area contributed by atoms with Crippen molar-refractivity contribution in [1.82, 2.24) is 15.1 Å². The number of nitrogens with zero attached hydrogens (tertiary/aromatic N) is 2. The Kier molecular flexibility index (Phi) is 4.75. The van der Waals surface area contributed by atoms with E-state index in [1.807, 2.05) is 12.3 Å². The summed E-state index contributed by atoms with van der Waals surface area (Å²) in [7, 11) is 0. The van der Waals surface area contributed by atoms with E-state index in [1.54, 1.807) is 0 Å². The van der Waals surface area contributed by atoms with E-state index in [4.69, 9.17) is 4.42 Å². The molecule has 1 N–H and O–H groups in total. The lowest BCUT2D eigenvalue weighted by molar-refractivity contribution is 0.155. The molecule has 3 heterocycles. The number of carbonyl (C=O) groups excluding carboxylic acids is 1. The van der Waals surface area contributed by atoms with Crippen LogP contribution in [0.15, 0.2) is 28.9 Å². The fraction of sp³-hybridized carbons (Fsp3) is 0.591. The molecule has 2 saturated heterocycles. The van der Waals surface area contributed by atoms with E-state index >= 15 is 0 Å². The Hall–Kier alpha value is -2.08. The second-order valence-electron chi connectivity index (χ2n) is 8.55. The van der Waals surface area contributed by atoms with Gasteiger partial charge in [-0.15, -0.1) is 0 Å². The number of hydrogen-bond donors (Lipinski definition) is 1. The molecule has 0 radical (unpaired) electrons. The minimum Gasteiger partial charge on any atom is -0.464 e. The molecule has 6 heteroatoms. The monoisotopic (exact) mass is 385 g/mol. The van der Waals surface area contributed by atoms with Crippen molar-refractivity contribution in [2.45, 2.75) is 56.5 Å².